The second kappa shape index (κ2) is 5.95. The van der Waals surface area contributed by atoms with Crippen molar-refractivity contribution in [2.75, 3.05) is 0 Å². The summed E-state index contributed by atoms with van der Waals surface area (Å²) in [6.45, 7) is 4.25. The van der Waals surface area contributed by atoms with Gasteiger partial charge in [0.25, 0.3) is 0 Å². The van der Waals surface area contributed by atoms with Crippen LogP contribution in [0.4, 0.5) is 0 Å². The Morgan fingerprint density at radius 3 is 2.48 bits per heavy atom. The molecule has 4 heteroatoms. The Labute approximate surface area is 156 Å². The Kier molecular flexibility index (Phi) is 3.44. The minimum Gasteiger partial charge on any atom is -0.346 e. The number of hydrogen-bond donors (Lipinski definition) is 1. The highest BCUT2D eigenvalue weighted by atomic mass is 15.1. The first-order valence-corrected chi connectivity index (χ1v) is 8.86. The topological polar surface area (TPSA) is 46.5 Å². The van der Waals surface area contributed by atoms with E-state index in [0.29, 0.717) is 0 Å². The van der Waals surface area contributed by atoms with Gasteiger partial charge < -0.3 is 9.55 Å². The van der Waals surface area contributed by atoms with Crippen molar-refractivity contribution in [3.05, 3.63) is 90.8 Å². The number of aryl methyl sites for hydroxylation is 1. The molecule has 0 aliphatic carbocycles. The average Bonchev–Trinajstić information content (AvgIpc) is 3.32. The number of fused-ring (bicyclic) bond motifs is 3. The van der Waals surface area contributed by atoms with E-state index in [-0.39, 0.29) is 0 Å². The maximum atomic E-state index is 4.81. The maximum Gasteiger partial charge on any atom is 0.140 e. The first-order chi connectivity index (χ1) is 13.2. The number of H-pyrrole nitrogens is 1. The number of imidazole rings is 1. The van der Waals surface area contributed by atoms with Crippen molar-refractivity contribution >= 4 is 27.6 Å². The summed E-state index contributed by atoms with van der Waals surface area (Å²) >= 11 is 0. The fraction of sp³-hybridized carbons (Fsp3) is 0.0435. The minimum atomic E-state index is 0.881. The summed E-state index contributed by atoms with van der Waals surface area (Å²) in [7, 11) is 2.05. The maximum absolute atomic E-state index is 4.81. The summed E-state index contributed by atoms with van der Waals surface area (Å²) in [5, 5.41) is 1.09. The van der Waals surface area contributed by atoms with Crippen LogP contribution in [0.1, 0.15) is 11.1 Å². The summed E-state index contributed by atoms with van der Waals surface area (Å²) in [6.07, 6.45) is 3.73. The molecular formula is C23H18N4. The van der Waals surface area contributed by atoms with Crippen LogP contribution in [0.25, 0.3) is 39.0 Å². The molecule has 0 saturated heterocycles. The molecule has 2 aromatic carbocycles. The van der Waals surface area contributed by atoms with Crippen molar-refractivity contribution < 1.29 is 0 Å². The second-order valence-corrected chi connectivity index (χ2v) is 6.65. The molecule has 130 valence electrons. The molecule has 0 saturated carbocycles. The van der Waals surface area contributed by atoms with Gasteiger partial charge in [0.1, 0.15) is 17.0 Å². The molecule has 0 radical (unpaired) electrons. The number of aromatic nitrogens is 4. The highest BCUT2D eigenvalue weighted by Crippen LogP contribution is 2.29. The summed E-state index contributed by atoms with van der Waals surface area (Å²) < 4.78 is 2.13. The highest BCUT2D eigenvalue weighted by molar-refractivity contribution is 6.02. The molecule has 0 aliphatic rings. The molecule has 0 amide bonds. The third-order valence-electron chi connectivity index (χ3n) is 5.03. The van der Waals surface area contributed by atoms with Crippen molar-refractivity contribution in [3.63, 3.8) is 0 Å². The van der Waals surface area contributed by atoms with Crippen LogP contribution in [0, 0.1) is 0 Å². The quantitative estimate of drug-likeness (QED) is 0.487. The lowest BCUT2D eigenvalue weighted by Gasteiger charge is -2.08. The Balaban J connectivity index is 1.57. The lowest BCUT2D eigenvalue weighted by atomic mass is 9.98. The summed E-state index contributed by atoms with van der Waals surface area (Å²) in [4.78, 5) is 12.4. The van der Waals surface area contributed by atoms with Gasteiger partial charge in [0.2, 0.25) is 0 Å². The fourth-order valence-corrected chi connectivity index (χ4v) is 3.60. The molecule has 1 N–H and O–H groups in total. The van der Waals surface area contributed by atoms with Gasteiger partial charge in [-0.3, -0.25) is 0 Å². The monoisotopic (exact) mass is 350 g/mol. The molecule has 0 aliphatic heterocycles. The van der Waals surface area contributed by atoms with E-state index < -0.39 is 0 Å². The van der Waals surface area contributed by atoms with Gasteiger partial charge in [-0.25, -0.2) is 9.97 Å². The van der Waals surface area contributed by atoms with Crippen molar-refractivity contribution in [1.29, 1.82) is 0 Å². The Hall–Kier alpha value is -3.66. The normalized spacial score (nSPS) is 11.3. The zero-order valence-electron chi connectivity index (χ0n) is 15.0. The van der Waals surface area contributed by atoms with Crippen LogP contribution in [0.3, 0.4) is 0 Å². The van der Waals surface area contributed by atoms with Gasteiger partial charge in [-0.2, -0.15) is 0 Å². The Morgan fingerprint density at radius 1 is 0.963 bits per heavy atom. The van der Waals surface area contributed by atoms with Crippen LogP contribution in [0.2, 0.25) is 0 Å². The first-order valence-electron chi connectivity index (χ1n) is 8.86. The molecule has 0 unspecified atom stereocenters. The van der Waals surface area contributed by atoms with E-state index in [0.717, 1.165) is 50.2 Å². The number of nitrogens with zero attached hydrogens (tertiary/aromatic N) is 3. The number of pyridine rings is 1. The number of hydrogen-bond acceptors (Lipinski definition) is 2. The van der Waals surface area contributed by atoms with Crippen LogP contribution >= 0.6 is 0 Å². The largest absolute Gasteiger partial charge is 0.346 e. The molecule has 0 spiro atoms. The van der Waals surface area contributed by atoms with Crippen LogP contribution < -0.4 is 0 Å². The van der Waals surface area contributed by atoms with Gasteiger partial charge in [-0.05, 0) is 22.8 Å². The molecule has 0 fully saturated rings. The SMILES string of the molecule is C=C(c1ccccc1)c1ccc(-c2nc3cnc4[nH]ccc4c3n2C)cc1. The van der Waals surface area contributed by atoms with Gasteiger partial charge in [0.15, 0.2) is 0 Å². The average molecular weight is 350 g/mol. The third kappa shape index (κ3) is 2.46. The Bertz CT molecular complexity index is 1270. The van der Waals surface area contributed by atoms with Crippen molar-refractivity contribution in [2.24, 2.45) is 7.05 Å². The zero-order chi connectivity index (χ0) is 18.4. The van der Waals surface area contributed by atoms with E-state index in [9.17, 15) is 0 Å². The summed E-state index contributed by atoms with van der Waals surface area (Å²) in [5.74, 6) is 0.928. The predicted molar refractivity (Wildman–Crippen MR) is 110 cm³/mol. The van der Waals surface area contributed by atoms with E-state index in [2.05, 4.69) is 57.5 Å². The van der Waals surface area contributed by atoms with Crippen LogP contribution in [-0.4, -0.2) is 19.5 Å². The minimum absolute atomic E-state index is 0.881. The predicted octanol–water partition coefficient (Wildman–Crippen LogP) is 5.18. The third-order valence-corrected chi connectivity index (χ3v) is 5.03. The molecule has 3 heterocycles. The lowest BCUT2D eigenvalue weighted by Crippen LogP contribution is -1.93. The van der Waals surface area contributed by atoms with Crippen LogP contribution in [0.5, 0.6) is 0 Å². The van der Waals surface area contributed by atoms with E-state index in [4.69, 9.17) is 4.98 Å². The first kappa shape index (κ1) is 15.6. The molecule has 5 rings (SSSR count). The fourth-order valence-electron chi connectivity index (χ4n) is 3.60. The van der Waals surface area contributed by atoms with Crippen LogP contribution in [0.15, 0.2) is 79.6 Å². The standard InChI is InChI=1S/C23H18N4/c1-15(16-6-4-3-5-7-16)17-8-10-18(11-9-17)23-26-20-14-25-22-19(12-13-24-22)21(20)27(23)2/h3-14H,1H2,2H3,(H,24,25). The lowest BCUT2D eigenvalue weighted by molar-refractivity contribution is 0.962. The molecule has 3 aromatic heterocycles. The molecule has 0 bridgehead atoms. The zero-order valence-corrected chi connectivity index (χ0v) is 15.0. The molecule has 27 heavy (non-hydrogen) atoms. The smallest absolute Gasteiger partial charge is 0.140 e. The van der Waals surface area contributed by atoms with Gasteiger partial charge in [0, 0.05) is 24.2 Å². The summed E-state index contributed by atoms with van der Waals surface area (Å²) in [6, 6.07) is 20.7. The highest BCUT2D eigenvalue weighted by Gasteiger charge is 2.14. The molecule has 0 atom stereocenters. The van der Waals surface area contributed by atoms with Crippen molar-refractivity contribution in [1.82, 2.24) is 19.5 Å². The number of benzene rings is 2. The molecular weight excluding hydrogens is 332 g/mol. The summed E-state index contributed by atoms with van der Waals surface area (Å²) in [5.41, 5.74) is 7.21. The molecule has 4 nitrogen and oxygen atoms in total. The van der Waals surface area contributed by atoms with Gasteiger partial charge in [0.05, 0.1) is 11.7 Å². The van der Waals surface area contributed by atoms with Crippen molar-refractivity contribution in [2.45, 2.75) is 0 Å². The van der Waals surface area contributed by atoms with Gasteiger partial charge >= 0.3 is 0 Å². The second-order valence-electron chi connectivity index (χ2n) is 6.65. The van der Waals surface area contributed by atoms with E-state index in [1.54, 1.807) is 0 Å². The number of aromatic amines is 1. The van der Waals surface area contributed by atoms with E-state index >= 15 is 0 Å². The van der Waals surface area contributed by atoms with Crippen molar-refractivity contribution in [3.8, 4) is 11.4 Å². The van der Waals surface area contributed by atoms with Gasteiger partial charge in [-0.15, -0.1) is 0 Å². The van der Waals surface area contributed by atoms with Crippen LogP contribution in [-0.2, 0) is 7.05 Å². The molecule has 5 aromatic rings. The van der Waals surface area contributed by atoms with Gasteiger partial charge in [-0.1, -0.05) is 61.2 Å². The number of nitrogens with one attached hydrogen (secondary N) is 1. The Morgan fingerprint density at radius 2 is 1.70 bits per heavy atom. The van der Waals surface area contributed by atoms with E-state index in [1.807, 2.05) is 43.7 Å². The van der Waals surface area contributed by atoms with E-state index in [1.165, 1.54) is 0 Å². The number of rotatable bonds is 3.